The molecule has 5 nitrogen and oxygen atoms in total. The summed E-state index contributed by atoms with van der Waals surface area (Å²) in [6, 6.07) is 5.01. The number of halogens is 3. The van der Waals surface area contributed by atoms with Crippen molar-refractivity contribution in [1.82, 2.24) is 9.97 Å². The highest BCUT2D eigenvalue weighted by atomic mass is 19.4. The summed E-state index contributed by atoms with van der Waals surface area (Å²) in [5.41, 5.74) is -0.980. The van der Waals surface area contributed by atoms with Gasteiger partial charge in [0.25, 0.3) is 0 Å². The number of aromatic nitrogens is 2. The van der Waals surface area contributed by atoms with Gasteiger partial charge in [0.05, 0.1) is 19.5 Å². The third kappa shape index (κ3) is 3.39. The standard InChI is InChI=1S/C13H8F3N3O2/c1-20-8-2-3-11(10(4-8)13(14,15)16)21-9-6-18-12(5-17)19-7-9/h2-4,6-7H,1H3. The van der Waals surface area contributed by atoms with Crippen LogP contribution < -0.4 is 9.47 Å². The zero-order valence-corrected chi connectivity index (χ0v) is 10.7. The molecule has 2 rings (SSSR count). The van der Waals surface area contributed by atoms with Crippen molar-refractivity contribution in [3.63, 3.8) is 0 Å². The van der Waals surface area contributed by atoms with Crippen molar-refractivity contribution in [2.24, 2.45) is 0 Å². The second kappa shape index (κ2) is 5.66. The molecule has 2 aromatic rings. The van der Waals surface area contributed by atoms with E-state index < -0.39 is 17.5 Å². The molecule has 0 atom stereocenters. The van der Waals surface area contributed by atoms with Gasteiger partial charge in [-0.25, -0.2) is 9.97 Å². The van der Waals surface area contributed by atoms with E-state index in [1.807, 2.05) is 0 Å². The SMILES string of the molecule is COc1ccc(Oc2cnc(C#N)nc2)c(C(F)(F)F)c1. The molecule has 1 aromatic heterocycles. The zero-order valence-electron chi connectivity index (χ0n) is 10.7. The number of benzene rings is 1. The van der Waals surface area contributed by atoms with Gasteiger partial charge in [-0.2, -0.15) is 18.4 Å². The summed E-state index contributed by atoms with van der Waals surface area (Å²) in [5.74, 6) is -0.458. The number of methoxy groups -OCH3 is 1. The van der Waals surface area contributed by atoms with Crippen LogP contribution in [0.2, 0.25) is 0 Å². The molecule has 1 aromatic carbocycles. The first-order valence-corrected chi connectivity index (χ1v) is 5.59. The molecule has 1 heterocycles. The summed E-state index contributed by atoms with van der Waals surface area (Å²) >= 11 is 0. The Bertz CT molecular complexity index is 679. The molecule has 21 heavy (non-hydrogen) atoms. The third-order valence-corrected chi connectivity index (χ3v) is 2.45. The van der Waals surface area contributed by atoms with Crippen LogP contribution in [0.1, 0.15) is 11.4 Å². The molecule has 0 spiro atoms. The Morgan fingerprint density at radius 2 is 1.81 bits per heavy atom. The molecule has 0 radical (unpaired) electrons. The Morgan fingerprint density at radius 3 is 2.33 bits per heavy atom. The van der Waals surface area contributed by atoms with Crippen LogP contribution in [0.4, 0.5) is 13.2 Å². The molecule has 0 aliphatic rings. The van der Waals surface area contributed by atoms with Gasteiger partial charge in [0.1, 0.15) is 23.1 Å². The molecule has 0 aliphatic heterocycles. The van der Waals surface area contributed by atoms with Crippen molar-refractivity contribution in [1.29, 1.82) is 5.26 Å². The minimum Gasteiger partial charge on any atom is -0.497 e. The lowest BCUT2D eigenvalue weighted by Gasteiger charge is -2.14. The molecule has 0 bridgehead atoms. The number of alkyl halides is 3. The predicted octanol–water partition coefficient (Wildman–Crippen LogP) is 3.17. The van der Waals surface area contributed by atoms with E-state index in [0.29, 0.717) is 0 Å². The Balaban J connectivity index is 2.36. The Kier molecular flexibility index (Phi) is 3.93. The first-order chi connectivity index (χ1) is 9.94. The number of hydrogen-bond acceptors (Lipinski definition) is 5. The lowest BCUT2D eigenvalue weighted by Crippen LogP contribution is -2.07. The van der Waals surface area contributed by atoms with Crippen LogP contribution in [-0.4, -0.2) is 17.1 Å². The predicted molar refractivity (Wildman–Crippen MR) is 64.8 cm³/mol. The first-order valence-electron chi connectivity index (χ1n) is 5.59. The van der Waals surface area contributed by atoms with Gasteiger partial charge >= 0.3 is 6.18 Å². The first kappa shape index (κ1) is 14.6. The maximum atomic E-state index is 13.0. The Morgan fingerprint density at radius 1 is 1.14 bits per heavy atom. The highest BCUT2D eigenvalue weighted by Crippen LogP contribution is 2.39. The topological polar surface area (TPSA) is 68.0 Å². The van der Waals surface area contributed by atoms with E-state index in [4.69, 9.17) is 14.7 Å². The molecule has 0 amide bonds. The van der Waals surface area contributed by atoms with Crippen molar-refractivity contribution in [3.05, 3.63) is 42.0 Å². The number of hydrogen-bond donors (Lipinski definition) is 0. The van der Waals surface area contributed by atoms with Crippen LogP contribution in [0, 0.1) is 11.3 Å². The monoisotopic (exact) mass is 295 g/mol. The summed E-state index contributed by atoms with van der Waals surface area (Å²) in [5, 5.41) is 8.55. The molecule has 0 fully saturated rings. The van der Waals surface area contributed by atoms with E-state index in [0.717, 1.165) is 24.5 Å². The van der Waals surface area contributed by atoms with Crippen molar-refractivity contribution in [2.45, 2.75) is 6.18 Å². The highest BCUT2D eigenvalue weighted by Gasteiger charge is 2.35. The second-order valence-corrected chi connectivity index (χ2v) is 3.82. The average Bonchev–Trinajstić information content (AvgIpc) is 2.47. The van der Waals surface area contributed by atoms with Gasteiger partial charge in [-0.05, 0) is 18.2 Å². The summed E-state index contributed by atoms with van der Waals surface area (Å²) in [7, 11) is 1.27. The van der Waals surface area contributed by atoms with E-state index in [1.54, 1.807) is 6.07 Å². The largest absolute Gasteiger partial charge is 0.497 e. The molecule has 108 valence electrons. The number of rotatable bonds is 3. The van der Waals surface area contributed by atoms with Crippen molar-refractivity contribution >= 4 is 0 Å². The maximum absolute atomic E-state index is 13.0. The van der Waals surface area contributed by atoms with Crippen molar-refractivity contribution < 1.29 is 22.6 Å². The van der Waals surface area contributed by atoms with E-state index in [2.05, 4.69) is 9.97 Å². The fraction of sp³-hybridized carbons (Fsp3) is 0.154. The minimum absolute atomic E-state index is 0.00957. The van der Waals surface area contributed by atoms with Crippen LogP contribution in [0.15, 0.2) is 30.6 Å². The van der Waals surface area contributed by atoms with Gasteiger partial charge in [0.15, 0.2) is 5.75 Å². The van der Waals surface area contributed by atoms with Crippen LogP contribution in [0.5, 0.6) is 17.2 Å². The molecule has 0 N–H and O–H groups in total. The lowest BCUT2D eigenvalue weighted by atomic mass is 10.2. The summed E-state index contributed by atoms with van der Waals surface area (Å²) in [6.07, 6.45) is -2.36. The molecular weight excluding hydrogens is 287 g/mol. The van der Waals surface area contributed by atoms with Crippen LogP contribution >= 0.6 is 0 Å². The molecule has 0 saturated carbocycles. The van der Waals surface area contributed by atoms with Gasteiger partial charge in [0.2, 0.25) is 5.82 Å². The average molecular weight is 295 g/mol. The molecule has 8 heteroatoms. The fourth-order valence-corrected chi connectivity index (χ4v) is 1.50. The van der Waals surface area contributed by atoms with Crippen molar-refractivity contribution in [2.75, 3.05) is 7.11 Å². The third-order valence-electron chi connectivity index (χ3n) is 2.45. The normalized spacial score (nSPS) is 10.8. The highest BCUT2D eigenvalue weighted by molar-refractivity contribution is 5.44. The van der Waals surface area contributed by atoms with Crippen molar-refractivity contribution in [3.8, 4) is 23.3 Å². The van der Waals surface area contributed by atoms with Crippen LogP contribution in [0.25, 0.3) is 0 Å². The number of nitrogens with zero attached hydrogens (tertiary/aromatic N) is 3. The van der Waals surface area contributed by atoms with Gasteiger partial charge < -0.3 is 9.47 Å². The maximum Gasteiger partial charge on any atom is 0.420 e. The van der Waals surface area contributed by atoms with Gasteiger partial charge in [0, 0.05) is 0 Å². The smallest absolute Gasteiger partial charge is 0.420 e. The second-order valence-electron chi connectivity index (χ2n) is 3.82. The quantitative estimate of drug-likeness (QED) is 0.870. The zero-order chi connectivity index (χ0) is 15.5. The summed E-state index contributed by atoms with van der Waals surface area (Å²) in [4.78, 5) is 7.23. The Labute approximate surface area is 117 Å². The van der Waals surface area contributed by atoms with Gasteiger partial charge in [-0.15, -0.1) is 0 Å². The summed E-state index contributed by atoms with van der Waals surface area (Å²) in [6.45, 7) is 0. The molecule has 0 aliphatic carbocycles. The van der Waals surface area contributed by atoms with Gasteiger partial charge in [-0.1, -0.05) is 0 Å². The lowest BCUT2D eigenvalue weighted by molar-refractivity contribution is -0.138. The van der Waals surface area contributed by atoms with E-state index in [1.165, 1.54) is 13.2 Å². The number of nitriles is 1. The van der Waals surface area contributed by atoms with Gasteiger partial charge in [-0.3, -0.25) is 0 Å². The number of ether oxygens (including phenoxy) is 2. The molecule has 0 saturated heterocycles. The van der Waals surface area contributed by atoms with E-state index >= 15 is 0 Å². The van der Waals surface area contributed by atoms with Crippen LogP contribution in [-0.2, 0) is 6.18 Å². The fourth-order valence-electron chi connectivity index (χ4n) is 1.50. The van der Waals surface area contributed by atoms with Crippen LogP contribution in [0.3, 0.4) is 0 Å². The Hall–Kier alpha value is -2.82. The van der Waals surface area contributed by atoms with E-state index in [9.17, 15) is 13.2 Å². The molecular formula is C13H8F3N3O2. The summed E-state index contributed by atoms with van der Waals surface area (Å²) < 4.78 is 48.8. The minimum atomic E-state index is -4.60. The molecule has 0 unspecified atom stereocenters. The van der Waals surface area contributed by atoms with E-state index in [-0.39, 0.29) is 17.3 Å².